The third kappa shape index (κ3) is 7.05. The van der Waals surface area contributed by atoms with Gasteiger partial charge in [0, 0.05) is 13.1 Å². The molecule has 0 saturated heterocycles. The maximum Gasteiger partial charge on any atom is 0.323 e. The summed E-state index contributed by atoms with van der Waals surface area (Å²) >= 11 is 0. The van der Waals surface area contributed by atoms with Crippen LogP contribution < -0.4 is 5.32 Å². The van der Waals surface area contributed by atoms with E-state index in [2.05, 4.69) is 5.32 Å². The second-order valence-electron chi connectivity index (χ2n) is 4.19. The number of hydrogen-bond donors (Lipinski definition) is 2. The van der Waals surface area contributed by atoms with E-state index >= 15 is 0 Å². The van der Waals surface area contributed by atoms with Gasteiger partial charge in [-0.1, -0.05) is 0 Å². The first-order chi connectivity index (χ1) is 7.32. The molecule has 0 aromatic heterocycles. The molecular formula is C10H21N3O3. The number of urea groups is 1. The molecule has 0 spiro atoms. The highest BCUT2D eigenvalue weighted by molar-refractivity contribution is 5.79. The molecule has 1 atom stereocenters. The molecule has 0 radical (unpaired) electrons. The van der Waals surface area contributed by atoms with Gasteiger partial charge in [0.15, 0.2) is 0 Å². The van der Waals surface area contributed by atoms with Crippen LogP contribution in [0.15, 0.2) is 0 Å². The molecule has 6 nitrogen and oxygen atoms in total. The lowest BCUT2D eigenvalue weighted by atomic mass is 10.2. The van der Waals surface area contributed by atoms with Crippen molar-refractivity contribution in [2.75, 3.05) is 34.2 Å². The minimum Gasteiger partial charge on any atom is -0.480 e. The van der Waals surface area contributed by atoms with E-state index in [1.165, 1.54) is 7.05 Å². The summed E-state index contributed by atoms with van der Waals surface area (Å²) in [5.41, 5.74) is 0. The van der Waals surface area contributed by atoms with Gasteiger partial charge in [0.25, 0.3) is 0 Å². The van der Waals surface area contributed by atoms with Gasteiger partial charge in [-0.15, -0.1) is 0 Å². The first-order valence-electron chi connectivity index (χ1n) is 5.21. The molecule has 0 aliphatic carbocycles. The number of carbonyl (C=O) groups excluding carboxylic acids is 1. The average molecular weight is 231 g/mol. The minimum absolute atomic E-state index is 0.0335. The van der Waals surface area contributed by atoms with Gasteiger partial charge in [0.1, 0.15) is 6.54 Å². The smallest absolute Gasteiger partial charge is 0.323 e. The highest BCUT2D eigenvalue weighted by Gasteiger charge is 2.14. The summed E-state index contributed by atoms with van der Waals surface area (Å²) in [5.74, 6) is -1.02. The van der Waals surface area contributed by atoms with Crippen LogP contribution in [-0.2, 0) is 4.79 Å². The van der Waals surface area contributed by atoms with Crippen LogP contribution in [0, 0.1) is 0 Å². The molecule has 0 fully saturated rings. The van der Waals surface area contributed by atoms with Crippen molar-refractivity contribution in [3.8, 4) is 0 Å². The normalized spacial score (nSPS) is 12.3. The third-order valence-electron chi connectivity index (χ3n) is 2.10. The minimum atomic E-state index is -1.02. The van der Waals surface area contributed by atoms with Crippen LogP contribution in [0.5, 0.6) is 0 Å². The van der Waals surface area contributed by atoms with Gasteiger partial charge in [0.2, 0.25) is 0 Å². The van der Waals surface area contributed by atoms with Crippen LogP contribution in [0.1, 0.15) is 13.3 Å². The number of carbonyl (C=O) groups is 2. The summed E-state index contributed by atoms with van der Waals surface area (Å²) in [7, 11) is 5.39. The van der Waals surface area contributed by atoms with E-state index < -0.39 is 5.97 Å². The standard InChI is InChI=1S/C10H21N3O3/c1-8(5-6-12(2)3)11-10(16)13(4)7-9(14)15/h8H,5-7H2,1-4H3,(H,11,16)(H,14,15). The van der Waals surface area contributed by atoms with Crippen molar-refractivity contribution >= 4 is 12.0 Å². The molecule has 0 aromatic carbocycles. The van der Waals surface area contributed by atoms with Gasteiger partial charge in [-0.05, 0) is 34.0 Å². The zero-order valence-corrected chi connectivity index (χ0v) is 10.4. The Morgan fingerprint density at radius 1 is 1.31 bits per heavy atom. The molecule has 0 aromatic rings. The SMILES string of the molecule is CC(CCN(C)C)NC(=O)N(C)CC(=O)O. The van der Waals surface area contributed by atoms with E-state index in [4.69, 9.17) is 5.11 Å². The largest absolute Gasteiger partial charge is 0.480 e. The Morgan fingerprint density at radius 3 is 2.31 bits per heavy atom. The zero-order valence-electron chi connectivity index (χ0n) is 10.4. The van der Waals surface area contributed by atoms with Crippen LogP contribution in [-0.4, -0.2) is 67.2 Å². The van der Waals surface area contributed by atoms with Gasteiger partial charge in [0.05, 0.1) is 0 Å². The van der Waals surface area contributed by atoms with Gasteiger partial charge < -0.3 is 20.2 Å². The molecule has 6 heteroatoms. The molecule has 0 aliphatic heterocycles. The van der Waals surface area contributed by atoms with Crippen molar-refractivity contribution in [3.05, 3.63) is 0 Å². The van der Waals surface area contributed by atoms with Crippen molar-refractivity contribution < 1.29 is 14.7 Å². The number of rotatable bonds is 6. The topological polar surface area (TPSA) is 72.9 Å². The van der Waals surface area contributed by atoms with Crippen LogP contribution >= 0.6 is 0 Å². The fraction of sp³-hybridized carbons (Fsp3) is 0.800. The summed E-state index contributed by atoms with van der Waals surface area (Å²) in [6.45, 7) is 2.49. The van der Waals surface area contributed by atoms with Crippen molar-refractivity contribution in [1.82, 2.24) is 15.1 Å². The van der Waals surface area contributed by atoms with Gasteiger partial charge in [-0.3, -0.25) is 4.79 Å². The van der Waals surface area contributed by atoms with E-state index in [9.17, 15) is 9.59 Å². The molecule has 0 saturated carbocycles. The molecule has 16 heavy (non-hydrogen) atoms. The number of nitrogens with one attached hydrogen (secondary N) is 1. The fourth-order valence-electron chi connectivity index (χ4n) is 1.12. The number of likely N-dealkylation sites (N-methyl/N-ethyl adjacent to an activating group) is 1. The first-order valence-corrected chi connectivity index (χ1v) is 5.21. The Balaban J connectivity index is 3.89. The quantitative estimate of drug-likeness (QED) is 0.677. The predicted molar refractivity (Wildman–Crippen MR) is 61.4 cm³/mol. The van der Waals surface area contributed by atoms with E-state index in [1.807, 2.05) is 25.9 Å². The zero-order chi connectivity index (χ0) is 12.7. The van der Waals surface area contributed by atoms with E-state index in [1.54, 1.807) is 0 Å². The number of carboxylic acid groups (broad SMARTS) is 1. The second kappa shape index (κ2) is 7.05. The highest BCUT2D eigenvalue weighted by atomic mass is 16.4. The Kier molecular flexibility index (Phi) is 6.48. The van der Waals surface area contributed by atoms with Gasteiger partial charge in [-0.2, -0.15) is 0 Å². The van der Waals surface area contributed by atoms with E-state index in [0.717, 1.165) is 17.9 Å². The Hall–Kier alpha value is -1.30. The summed E-state index contributed by atoms with van der Waals surface area (Å²) < 4.78 is 0. The van der Waals surface area contributed by atoms with Crippen LogP contribution in [0.4, 0.5) is 4.79 Å². The Labute approximate surface area is 96.2 Å². The molecular weight excluding hydrogens is 210 g/mol. The molecule has 2 N–H and O–H groups in total. The average Bonchev–Trinajstić information content (AvgIpc) is 2.13. The summed E-state index contributed by atoms with van der Waals surface area (Å²) in [6, 6.07) is -0.320. The first kappa shape index (κ1) is 14.7. The maximum absolute atomic E-state index is 11.5. The van der Waals surface area contributed by atoms with Crippen LogP contribution in [0.2, 0.25) is 0 Å². The lowest BCUT2D eigenvalue weighted by molar-refractivity contribution is -0.137. The van der Waals surface area contributed by atoms with E-state index in [-0.39, 0.29) is 18.6 Å². The van der Waals surface area contributed by atoms with Gasteiger partial charge in [-0.25, -0.2) is 4.79 Å². The predicted octanol–water partition coefficient (Wildman–Crippen LogP) is 0.0526. The lowest BCUT2D eigenvalue weighted by Crippen LogP contribution is -2.44. The molecule has 0 bridgehead atoms. The van der Waals surface area contributed by atoms with Crippen molar-refractivity contribution in [1.29, 1.82) is 0 Å². The Morgan fingerprint density at radius 2 is 1.88 bits per heavy atom. The summed E-state index contributed by atoms with van der Waals surface area (Å²) in [4.78, 5) is 25.0. The molecule has 1 unspecified atom stereocenters. The molecule has 2 amide bonds. The maximum atomic E-state index is 11.5. The molecule has 0 heterocycles. The second-order valence-corrected chi connectivity index (χ2v) is 4.19. The number of amides is 2. The van der Waals surface area contributed by atoms with Crippen molar-refractivity contribution in [2.24, 2.45) is 0 Å². The lowest BCUT2D eigenvalue weighted by Gasteiger charge is -2.21. The summed E-state index contributed by atoms with van der Waals surface area (Å²) in [5, 5.41) is 11.3. The number of carboxylic acids is 1. The third-order valence-corrected chi connectivity index (χ3v) is 2.10. The number of hydrogen-bond acceptors (Lipinski definition) is 3. The molecule has 94 valence electrons. The van der Waals surface area contributed by atoms with Crippen molar-refractivity contribution in [3.63, 3.8) is 0 Å². The Bertz CT molecular complexity index is 243. The molecule has 0 rings (SSSR count). The fourth-order valence-corrected chi connectivity index (χ4v) is 1.12. The van der Waals surface area contributed by atoms with Crippen molar-refractivity contribution in [2.45, 2.75) is 19.4 Å². The molecule has 0 aliphatic rings. The number of nitrogens with zero attached hydrogens (tertiary/aromatic N) is 2. The van der Waals surface area contributed by atoms with Crippen LogP contribution in [0.25, 0.3) is 0 Å². The number of aliphatic carboxylic acids is 1. The van der Waals surface area contributed by atoms with Gasteiger partial charge >= 0.3 is 12.0 Å². The summed E-state index contributed by atoms with van der Waals surface area (Å²) in [6.07, 6.45) is 0.833. The highest BCUT2D eigenvalue weighted by Crippen LogP contribution is 1.94. The monoisotopic (exact) mass is 231 g/mol. The van der Waals surface area contributed by atoms with E-state index in [0.29, 0.717) is 0 Å². The van der Waals surface area contributed by atoms with Crippen LogP contribution in [0.3, 0.4) is 0 Å².